The Balaban J connectivity index is 1.27. The summed E-state index contributed by atoms with van der Waals surface area (Å²) in [6.45, 7) is 0. The minimum absolute atomic E-state index is 0.0351. The van der Waals surface area contributed by atoms with E-state index in [1.807, 2.05) is 24.4 Å². The molecule has 2 aromatic rings. The molecule has 4 aliphatic carbocycles. The highest BCUT2D eigenvalue weighted by Crippen LogP contribution is 2.77. The van der Waals surface area contributed by atoms with E-state index in [9.17, 15) is 4.79 Å². The first kappa shape index (κ1) is 15.7. The number of hydrogen-bond donors (Lipinski definition) is 2. The van der Waals surface area contributed by atoms with Crippen LogP contribution in [0.2, 0.25) is 0 Å². The zero-order valence-corrected chi connectivity index (χ0v) is 15.6. The Morgan fingerprint density at radius 1 is 1.26 bits per heavy atom. The van der Waals surface area contributed by atoms with Crippen LogP contribution in [-0.4, -0.2) is 28.5 Å². The molecule has 2 N–H and O–H groups in total. The Morgan fingerprint density at radius 2 is 2.15 bits per heavy atom. The van der Waals surface area contributed by atoms with Gasteiger partial charge in [0.05, 0.1) is 7.11 Å². The van der Waals surface area contributed by atoms with Gasteiger partial charge in [0.25, 0.3) is 5.91 Å². The number of carbonyl (C=O) groups excluding carboxylic acids is 1. The van der Waals surface area contributed by atoms with Crippen LogP contribution in [0.25, 0.3) is 11.1 Å². The second kappa shape index (κ2) is 5.15. The van der Waals surface area contributed by atoms with E-state index in [1.54, 1.807) is 13.3 Å². The molecule has 1 spiro atoms. The van der Waals surface area contributed by atoms with Crippen molar-refractivity contribution in [2.45, 2.75) is 44.1 Å². The number of H-pyrrole nitrogens is 1. The molecule has 5 atom stereocenters. The highest BCUT2D eigenvalue weighted by molar-refractivity contribution is 5.95. The summed E-state index contributed by atoms with van der Waals surface area (Å²) < 4.78 is 5.35. The van der Waals surface area contributed by atoms with Gasteiger partial charge >= 0.3 is 0 Å². The number of fused-ring (bicyclic) bond motifs is 2. The molecule has 0 radical (unpaired) electrons. The quantitative estimate of drug-likeness (QED) is 0.869. The van der Waals surface area contributed by atoms with Crippen molar-refractivity contribution in [1.82, 2.24) is 15.3 Å². The monoisotopic (exact) mass is 363 g/mol. The van der Waals surface area contributed by atoms with Crippen molar-refractivity contribution in [3.8, 4) is 17.0 Å². The van der Waals surface area contributed by atoms with Crippen LogP contribution < -0.4 is 10.1 Å². The summed E-state index contributed by atoms with van der Waals surface area (Å²) in [4.78, 5) is 20.5. The molecule has 0 aromatic carbocycles. The van der Waals surface area contributed by atoms with E-state index >= 15 is 0 Å². The average molecular weight is 363 g/mol. The number of carbonyl (C=O) groups is 1. The number of hydrogen-bond acceptors (Lipinski definition) is 3. The molecule has 1 amide bonds. The van der Waals surface area contributed by atoms with E-state index < -0.39 is 0 Å². The van der Waals surface area contributed by atoms with Crippen LogP contribution in [-0.2, 0) is 0 Å². The van der Waals surface area contributed by atoms with Crippen LogP contribution in [0.4, 0.5) is 0 Å². The Bertz CT molecular complexity index is 931. The van der Waals surface area contributed by atoms with E-state index in [1.165, 1.54) is 38.5 Å². The number of aromatic nitrogens is 2. The van der Waals surface area contributed by atoms with Gasteiger partial charge in [-0.15, -0.1) is 0 Å². The fraction of sp³-hybridized carbons (Fsp3) is 0.545. The van der Waals surface area contributed by atoms with Crippen LogP contribution in [0, 0.1) is 23.2 Å². The average Bonchev–Trinajstić information content (AvgIpc) is 3.28. The Kier molecular flexibility index (Phi) is 3.00. The normalized spacial score (nSPS) is 37.7. The minimum Gasteiger partial charge on any atom is -0.481 e. The van der Waals surface area contributed by atoms with Gasteiger partial charge in [0, 0.05) is 29.1 Å². The van der Waals surface area contributed by atoms with Gasteiger partial charge in [0.15, 0.2) is 0 Å². The lowest BCUT2D eigenvalue weighted by Crippen LogP contribution is -2.67. The van der Waals surface area contributed by atoms with Gasteiger partial charge in [-0.3, -0.25) is 4.79 Å². The lowest BCUT2D eigenvalue weighted by Gasteiger charge is -2.59. The van der Waals surface area contributed by atoms with E-state index in [2.05, 4.69) is 15.3 Å². The molecule has 2 heterocycles. The van der Waals surface area contributed by atoms with Crippen LogP contribution >= 0.6 is 0 Å². The largest absolute Gasteiger partial charge is 0.481 e. The van der Waals surface area contributed by atoms with Gasteiger partial charge in [-0.25, -0.2) is 4.98 Å². The summed E-state index contributed by atoms with van der Waals surface area (Å²) in [5, 5.41) is 3.50. The van der Waals surface area contributed by atoms with Crippen LogP contribution in [0.15, 0.2) is 30.6 Å². The highest BCUT2D eigenvalue weighted by atomic mass is 16.5. The van der Waals surface area contributed by atoms with Crippen LogP contribution in [0.3, 0.4) is 0 Å². The molecule has 0 aliphatic heterocycles. The number of amides is 1. The molecule has 6 rings (SSSR count). The molecule has 5 unspecified atom stereocenters. The fourth-order valence-electron chi connectivity index (χ4n) is 7.35. The first-order valence-corrected chi connectivity index (χ1v) is 10.1. The van der Waals surface area contributed by atoms with Gasteiger partial charge in [-0.05, 0) is 79.9 Å². The number of nitrogens with zero attached hydrogens (tertiary/aromatic N) is 1. The lowest BCUT2D eigenvalue weighted by atomic mass is 9.51. The third-order valence-electron chi connectivity index (χ3n) is 8.11. The van der Waals surface area contributed by atoms with Crippen molar-refractivity contribution < 1.29 is 9.53 Å². The van der Waals surface area contributed by atoms with Crippen LogP contribution in [0.1, 0.15) is 49.0 Å². The standard InChI is InChI=1S/C22H25N3O2/c1-27-20-17(3-2-4-23-20)15-7-18(24-12-15)19(26)25-22-10-14-5-13-6-16(11-22)21(22,8-13)9-14/h2-4,7,12-14,16,24H,5-6,8-11H2,1H3,(H,25,26). The second-order valence-electron chi connectivity index (χ2n) is 9.27. The van der Waals surface area contributed by atoms with Gasteiger partial charge in [0.2, 0.25) is 5.88 Å². The number of nitrogens with one attached hydrogen (secondary N) is 2. The fourth-order valence-corrected chi connectivity index (χ4v) is 7.35. The SMILES string of the molecule is COc1ncccc1-c1c[nH]c(C(=O)NC23CC4CC5CC(C2)C3(C5)C4)c1. The molecule has 3 bridgehead atoms. The predicted molar refractivity (Wildman–Crippen MR) is 101 cm³/mol. The van der Waals surface area contributed by atoms with Gasteiger partial charge in [-0.2, -0.15) is 0 Å². The maximum absolute atomic E-state index is 13.1. The molecule has 140 valence electrons. The molecule has 4 aliphatic rings. The Morgan fingerprint density at radius 3 is 3.04 bits per heavy atom. The van der Waals surface area contributed by atoms with E-state index in [0.717, 1.165) is 28.9 Å². The number of pyridine rings is 1. The van der Waals surface area contributed by atoms with E-state index in [0.29, 0.717) is 17.0 Å². The first-order chi connectivity index (χ1) is 13.1. The summed E-state index contributed by atoms with van der Waals surface area (Å²) in [5.41, 5.74) is 2.92. The smallest absolute Gasteiger partial charge is 0.268 e. The topological polar surface area (TPSA) is 67.0 Å². The zero-order chi connectivity index (χ0) is 18.2. The van der Waals surface area contributed by atoms with Gasteiger partial charge < -0.3 is 15.0 Å². The van der Waals surface area contributed by atoms with Gasteiger partial charge in [-0.1, -0.05) is 0 Å². The third-order valence-corrected chi connectivity index (χ3v) is 8.11. The zero-order valence-electron chi connectivity index (χ0n) is 15.6. The number of ether oxygens (including phenoxy) is 1. The van der Waals surface area contributed by atoms with E-state index in [-0.39, 0.29) is 11.4 Å². The molecular formula is C22H25N3O2. The Labute approximate surface area is 158 Å². The first-order valence-electron chi connectivity index (χ1n) is 10.1. The predicted octanol–water partition coefficient (Wildman–Crippen LogP) is 3.78. The summed E-state index contributed by atoms with van der Waals surface area (Å²) in [6.07, 6.45) is 11.4. The van der Waals surface area contributed by atoms with Gasteiger partial charge in [0.1, 0.15) is 5.69 Å². The molecule has 4 saturated carbocycles. The lowest BCUT2D eigenvalue weighted by molar-refractivity contribution is -0.0485. The Hall–Kier alpha value is -2.30. The summed E-state index contributed by atoms with van der Waals surface area (Å²) >= 11 is 0. The van der Waals surface area contributed by atoms with Crippen molar-refractivity contribution in [2.24, 2.45) is 23.2 Å². The molecule has 5 nitrogen and oxygen atoms in total. The molecule has 2 aromatic heterocycles. The maximum Gasteiger partial charge on any atom is 0.268 e. The number of methoxy groups -OCH3 is 1. The van der Waals surface area contributed by atoms with Crippen molar-refractivity contribution >= 4 is 5.91 Å². The second-order valence-corrected chi connectivity index (χ2v) is 9.27. The summed E-state index contributed by atoms with van der Waals surface area (Å²) in [5.74, 6) is 3.21. The van der Waals surface area contributed by atoms with Crippen molar-refractivity contribution in [1.29, 1.82) is 0 Å². The minimum atomic E-state index is 0.0351. The molecule has 5 heteroatoms. The summed E-state index contributed by atoms with van der Waals surface area (Å²) in [6, 6.07) is 5.76. The van der Waals surface area contributed by atoms with E-state index in [4.69, 9.17) is 4.74 Å². The molecule has 0 saturated heterocycles. The van der Waals surface area contributed by atoms with Crippen LogP contribution in [0.5, 0.6) is 5.88 Å². The van der Waals surface area contributed by atoms with Crippen molar-refractivity contribution in [3.05, 3.63) is 36.3 Å². The van der Waals surface area contributed by atoms with Crippen molar-refractivity contribution in [3.63, 3.8) is 0 Å². The maximum atomic E-state index is 13.1. The number of aromatic amines is 1. The molecule has 27 heavy (non-hydrogen) atoms. The molecular weight excluding hydrogens is 338 g/mol. The summed E-state index contributed by atoms with van der Waals surface area (Å²) in [7, 11) is 1.62. The number of rotatable bonds is 4. The van der Waals surface area contributed by atoms with Crippen molar-refractivity contribution in [2.75, 3.05) is 7.11 Å². The highest BCUT2D eigenvalue weighted by Gasteiger charge is 2.74. The molecule has 4 fully saturated rings. The third kappa shape index (κ3) is 1.95.